The van der Waals surface area contributed by atoms with E-state index in [1.54, 1.807) is 43.5 Å². The first kappa shape index (κ1) is 19.9. The summed E-state index contributed by atoms with van der Waals surface area (Å²) in [5.41, 5.74) is 1.53. The normalized spacial score (nSPS) is 11.2. The number of hydrogen-bond donors (Lipinski definition) is 0. The molecule has 3 aromatic rings. The Hall–Kier alpha value is -2.83. The molecule has 0 unspecified atom stereocenters. The van der Waals surface area contributed by atoms with E-state index in [0.29, 0.717) is 24.7 Å². The predicted octanol–water partition coefficient (Wildman–Crippen LogP) is 4.11. The Labute approximate surface area is 166 Å². The van der Waals surface area contributed by atoms with Crippen molar-refractivity contribution in [1.82, 2.24) is 0 Å². The molecule has 0 amide bonds. The number of nitrogens with zero attached hydrogens (tertiary/aromatic N) is 1. The first-order valence-electron chi connectivity index (χ1n) is 8.95. The molecular weight excluding hydrogens is 374 g/mol. The van der Waals surface area contributed by atoms with Gasteiger partial charge in [0.25, 0.3) is 10.0 Å². The highest BCUT2D eigenvalue weighted by Crippen LogP contribution is 2.27. The minimum Gasteiger partial charge on any atom is -0.491 e. The molecule has 3 aromatic carbocycles. The maximum absolute atomic E-state index is 13.4. The number of benzene rings is 3. The molecule has 0 fully saturated rings. The minimum atomic E-state index is -3.74. The fourth-order valence-corrected chi connectivity index (χ4v) is 4.19. The summed E-state index contributed by atoms with van der Waals surface area (Å²) in [5, 5.41) is 0. The second kappa shape index (κ2) is 9.39. The van der Waals surface area contributed by atoms with Gasteiger partial charge in [-0.15, -0.1) is 0 Å². The highest BCUT2D eigenvalue weighted by molar-refractivity contribution is 7.92. The maximum atomic E-state index is 13.4. The van der Waals surface area contributed by atoms with Gasteiger partial charge in [-0.05, 0) is 42.0 Å². The average molecular weight is 397 g/mol. The van der Waals surface area contributed by atoms with E-state index in [1.165, 1.54) is 4.31 Å². The van der Waals surface area contributed by atoms with E-state index in [4.69, 9.17) is 9.47 Å². The number of sulfonamides is 1. The molecule has 0 bridgehead atoms. The molecule has 3 rings (SSSR count). The van der Waals surface area contributed by atoms with Crippen molar-refractivity contribution in [3.05, 3.63) is 90.5 Å². The molecule has 0 aliphatic heterocycles. The van der Waals surface area contributed by atoms with E-state index in [9.17, 15) is 8.42 Å². The van der Waals surface area contributed by atoms with E-state index in [-0.39, 0.29) is 11.4 Å². The van der Waals surface area contributed by atoms with Crippen LogP contribution in [0.15, 0.2) is 89.8 Å². The molecule has 0 atom stereocenters. The first-order valence-corrected chi connectivity index (χ1v) is 10.4. The third-order valence-electron chi connectivity index (χ3n) is 4.18. The topological polar surface area (TPSA) is 55.8 Å². The molecule has 28 heavy (non-hydrogen) atoms. The molecule has 5 nitrogen and oxygen atoms in total. The number of para-hydroxylation sites is 1. The van der Waals surface area contributed by atoms with Crippen molar-refractivity contribution >= 4 is 15.7 Å². The number of anilines is 1. The second-order valence-electron chi connectivity index (χ2n) is 6.15. The van der Waals surface area contributed by atoms with E-state index in [0.717, 1.165) is 5.56 Å². The lowest BCUT2D eigenvalue weighted by Gasteiger charge is -2.25. The third kappa shape index (κ3) is 4.91. The summed E-state index contributed by atoms with van der Waals surface area (Å²) < 4.78 is 38.6. The van der Waals surface area contributed by atoms with Crippen molar-refractivity contribution in [3.8, 4) is 5.75 Å². The van der Waals surface area contributed by atoms with E-state index < -0.39 is 10.0 Å². The van der Waals surface area contributed by atoms with Gasteiger partial charge in [0.2, 0.25) is 0 Å². The molecular formula is C22H23NO4S. The summed E-state index contributed by atoms with van der Waals surface area (Å²) in [6, 6.07) is 25.1. The second-order valence-corrected chi connectivity index (χ2v) is 8.01. The summed E-state index contributed by atoms with van der Waals surface area (Å²) in [6.07, 6.45) is 0. The lowest BCUT2D eigenvalue weighted by Crippen LogP contribution is -2.30. The van der Waals surface area contributed by atoms with E-state index in [2.05, 4.69) is 0 Å². The van der Waals surface area contributed by atoms with E-state index >= 15 is 0 Å². The molecule has 0 N–H and O–H groups in total. The lowest BCUT2D eigenvalue weighted by atomic mass is 10.2. The Bertz CT molecular complexity index is 958. The van der Waals surface area contributed by atoms with Crippen LogP contribution in [0, 0.1) is 0 Å². The van der Waals surface area contributed by atoms with E-state index in [1.807, 2.05) is 48.5 Å². The van der Waals surface area contributed by atoms with Crippen LogP contribution in [0.5, 0.6) is 5.75 Å². The molecule has 0 radical (unpaired) electrons. The highest BCUT2D eigenvalue weighted by atomic mass is 32.2. The molecule has 0 saturated heterocycles. The van der Waals surface area contributed by atoms with Crippen molar-refractivity contribution in [2.24, 2.45) is 0 Å². The van der Waals surface area contributed by atoms with Gasteiger partial charge in [0.05, 0.1) is 23.7 Å². The lowest BCUT2D eigenvalue weighted by molar-refractivity contribution is 0.146. The number of methoxy groups -OCH3 is 1. The molecule has 146 valence electrons. The number of hydrogen-bond acceptors (Lipinski definition) is 4. The predicted molar refractivity (Wildman–Crippen MR) is 110 cm³/mol. The summed E-state index contributed by atoms with van der Waals surface area (Å²) in [5.74, 6) is 0.602. The van der Waals surface area contributed by atoms with Crippen LogP contribution in [0.1, 0.15) is 5.56 Å². The van der Waals surface area contributed by atoms with Gasteiger partial charge in [0.1, 0.15) is 12.4 Å². The van der Waals surface area contributed by atoms with Crippen LogP contribution in [-0.4, -0.2) is 28.7 Å². The summed E-state index contributed by atoms with van der Waals surface area (Å²) in [4.78, 5) is 0.214. The Morgan fingerprint density at radius 2 is 1.39 bits per heavy atom. The van der Waals surface area contributed by atoms with Crippen LogP contribution in [0.3, 0.4) is 0 Å². The Balaban J connectivity index is 1.89. The average Bonchev–Trinajstić information content (AvgIpc) is 2.74. The molecule has 0 aliphatic rings. The number of ether oxygens (including phenoxy) is 2. The maximum Gasteiger partial charge on any atom is 0.264 e. The van der Waals surface area contributed by atoms with Gasteiger partial charge < -0.3 is 9.47 Å². The van der Waals surface area contributed by atoms with Crippen molar-refractivity contribution in [3.63, 3.8) is 0 Å². The number of rotatable bonds is 9. The van der Waals surface area contributed by atoms with Gasteiger partial charge in [-0.2, -0.15) is 0 Å². The Morgan fingerprint density at radius 1 is 0.786 bits per heavy atom. The van der Waals surface area contributed by atoms with Gasteiger partial charge in [-0.3, -0.25) is 4.31 Å². The van der Waals surface area contributed by atoms with Gasteiger partial charge in [-0.1, -0.05) is 48.5 Å². The zero-order valence-corrected chi connectivity index (χ0v) is 16.5. The standard InChI is InChI=1S/C22H23NO4S/c1-26-16-17-27-21-12-14-22(15-13-21)28(24,25)23(20-10-6-3-7-11-20)18-19-8-4-2-5-9-19/h2-15H,16-18H2,1H3. The first-order chi connectivity index (χ1) is 13.6. The largest absolute Gasteiger partial charge is 0.491 e. The quantitative estimate of drug-likeness (QED) is 0.510. The minimum absolute atomic E-state index is 0.214. The monoisotopic (exact) mass is 397 g/mol. The van der Waals surface area contributed by atoms with Crippen molar-refractivity contribution in [1.29, 1.82) is 0 Å². The molecule has 0 aliphatic carbocycles. The Kier molecular flexibility index (Phi) is 6.68. The molecule has 0 aromatic heterocycles. The fraction of sp³-hybridized carbons (Fsp3) is 0.182. The molecule has 0 saturated carbocycles. The summed E-state index contributed by atoms with van der Waals surface area (Å²) >= 11 is 0. The Morgan fingerprint density at radius 3 is 2.00 bits per heavy atom. The zero-order valence-electron chi connectivity index (χ0n) is 15.7. The van der Waals surface area contributed by atoms with Crippen molar-refractivity contribution in [2.75, 3.05) is 24.6 Å². The highest BCUT2D eigenvalue weighted by Gasteiger charge is 2.25. The van der Waals surface area contributed by atoms with Crippen LogP contribution in [0.2, 0.25) is 0 Å². The van der Waals surface area contributed by atoms with Crippen molar-refractivity contribution in [2.45, 2.75) is 11.4 Å². The third-order valence-corrected chi connectivity index (χ3v) is 5.97. The SMILES string of the molecule is COCCOc1ccc(S(=O)(=O)N(Cc2ccccc2)c2ccccc2)cc1. The summed E-state index contributed by atoms with van der Waals surface area (Å²) in [6.45, 7) is 1.13. The van der Waals surface area contributed by atoms with Crippen LogP contribution >= 0.6 is 0 Å². The van der Waals surface area contributed by atoms with Gasteiger partial charge in [-0.25, -0.2) is 8.42 Å². The van der Waals surface area contributed by atoms with Crippen LogP contribution < -0.4 is 9.04 Å². The van der Waals surface area contributed by atoms with Crippen molar-refractivity contribution < 1.29 is 17.9 Å². The molecule has 0 spiro atoms. The van der Waals surface area contributed by atoms with Crippen LogP contribution in [-0.2, 0) is 21.3 Å². The zero-order chi connectivity index (χ0) is 19.8. The summed E-state index contributed by atoms with van der Waals surface area (Å²) in [7, 11) is -2.14. The molecule has 0 heterocycles. The smallest absolute Gasteiger partial charge is 0.264 e. The fourth-order valence-electron chi connectivity index (χ4n) is 2.74. The van der Waals surface area contributed by atoms with Crippen LogP contribution in [0.25, 0.3) is 0 Å². The van der Waals surface area contributed by atoms with Gasteiger partial charge in [0.15, 0.2) is 0 Å². The molecule has 6 heteroatoms. The van der Waals surface area contributed by atoms with Gasteiger partial charge >= 0.3 is 0 Å². The van der Waals surface area contributed by atoms with Crippen LogP contribution in [0.4, 0.5) is 5.69 Å². The van der Waals surface area contributed by atoms with Gasteiger partial charge in [0, 0.05) is 7.11 Å².